The number of ether oxygens (including phenoxy) is 1. The lowest BCUT2D eigenvalue weighted by molar-refractivity contribution is -0.147. The molecule has 0 radical (unpaired) electrons. The number of hydrogen-bond acceptors (Lipinski definition) is 5. The van der Waals surface area contributed by atoms with Gasteiger partial charge in [-0.05, 0) is 19.1 Å². The van der Waals surface area contributed by atoms with Crippen LogP contribution < -0.4 is 4.90 Å². The van der Waals surface area contributed by atoms with Crippen molar-refractivity contribution in [3.8, 4) is 0 Å². The van der Waals surface area contributed by atoms with Crippen molar-refractivity contribution in [2.45, 2.75) is 25.8 Å². The number of imide groups is 1. The summed E-state index contributed by atoms with van der Waals surface area (Å²) in [5, 5.41) is 0. The van der Waals surface area contributed by atoms with Crippen LogP contribution in [0.5, 0.6) is 0 Å². The molecule has 0 aliphatic carbocycles. The van der Waals surface area contributed by atoms with Gasteiger partial charge in [-0.3, -0.25) is 9.59 Å². The van der Waals surface area contributed by atoms with E-state index in [9.17, 15) is 14.4 Å². The maximum Gasteiger partial charge on any atom is 0.417 e. The van der Waals surface area contributed by atoms with Crippen molar-refractivity contribution >= 4 is 23.6 Å². The first-order valence-electron chi connectivity index (χ1n) is 8.56. The molecule has 0 saturated carbocycles. The zero-order valence-electron chi connectivity index (χ0n) is 14.6. The molecule has 7 heteroatoms. The number of benzene rings is 1. The zero-order valence-corrected chi connectivity index (χ0v) is 14.6. The lowest BCUT2D eigenvalue weighted by Gasteiger charge is -2.40. The van der Waals surface area contributed by atoms with Crippen LogP contribution in [0.3, 0.4) is 0 Å². The van der Waals surface area contributed by atoms with E-state index in [-0.39, 0.29) is 24.8 Å². The molecule has 1 unspecified atom stereocenters. The second kappa shape index (κ2) is 6.74. The molecular formula is C18H23N3O4. The molecule has 2 aliphatic heterocycles. The van der Waals surface area contributed by atoms with Crippen LogP contribution in [0.15, 0.2) is 30.3 Å². The highest BCUT2D eigenvalue weighted by molar-refractivity contribution is 6.02. The molecule has 1 aromatic carbocycles. The molecule has 0 N–H and O–H groups in total. The van der Waals surface area contributed by atoms with Crippen molar-refractivity contribution < 1.29 is 19.1 Å². The number of amides is 3. The molecule has 2 heterocycles. The summed E-state index contributed by atoms with van der Waals surface area (Å²) < 4.78 is 5.01. The van der Waals surface area contributed by atoms with E-state index >= 15 is 0 Å². The van der Waals surface area contributed by atoms with Crippen molar-refractivity contribution in [1.82, 2.24) is 9.80 Å². The standard InChI is InChI=1S/C18H23N3O4/c1-3-15(22)21-17(24)25-13-18(21,2)16(23)20-11-9-19(10-12-20)14-7-5-4-6-8-14/h4-8H,3,9-13H2,1-2H3. The quantitative estimate of drug-likeness (QED) is 0.830. The summed E-state index contributed by atoms with van der Waals surface area (Å²) in [5.74, 6) is -0.617. The molecule has 7 nitrogen and oxygen atoms in total. The minimum Gasteiger partial charge on any atom is -0.446 e. The second-order valence-electron chi connectivity index (χ2n) is 6.53. The van der Waals surface area contributed by atoms with E-state index in [1.165, 1.54) is 0 Å². The summed E-state index contributed by atoms with van der Waals surface area (Å²) >= 11 is 0. The fourth-order valence-corrected chi connectivity index (χ4v) is 3.37. The largest absolute Gasteiger partial charge is 0.446 e. The normalized spacial score (nSPS) is 23.6. The van der Waals surface area contributed by atoms with Gasteiger partial charge in [-0.1, -0.05) is 25.1 Å². The molecule has 3 rings (SSSR count). The van der Waals surface area contributed by atoms with E-state index in [0.29, 0.717) is 26.2 Å². The number of para-hydroxylation sites is 1. The summed E-state index contributed by atoms with van der Waals surface area (Å²) in [6.07, 6.45) is -0.578. The SMILES string of the molecule is CCC(=O)N1C(=O)OCC1(C)C(=O)N1CCN(c2ccccc2)CC1. The van der Waals surface area contributed by atoms with Gasteiger partial charge in [-0.25, -0.2) is 9.69 Å². The van der Waals surface area contributed by atoms with Crippen LogP contribution in [0.4, 0.5) is 10.5 Å². The van der Waals surface area contributed by atoms with E-state index in [4.69, 9.17) is 4.74 Å². The van der Waals surface area contributed by atoms with Gasteiger partial charge in [0, 0.05) is 38.3 Å². The number of hydrogen-bond donors (Lipinski definition) is 0. The number of nitrogens with zero attached hydrogens (tertiary/aromatic N) is 3. The first kappa shape index (κ1) is 17.3. The third-order valence-electron chi connectivity index (χ3n) is 4.85. The average Bonchev–Trinajstić information content (AvgIpc) is 2.97. The fraction of sp³-hybridized carbons (Fsp3) is 0.500. The molecular weight excluding hydrogens is 322 g/mol. The number of rotatable bonds is 3. The monoisotopic (exact) mass is 345 g/mol. The number of anilines is 1. The summed E-state index contributed by atoms with van der Waals surface area (Å²) in [4.78, 5) is 42.0. The van der Waals surface area contributed by atoms with Crippen molar-refractivity contribution in [3.63, 3.8) is 0 Å². The summed E-state index contributed by atoms with van der Waals surface area (Å²) in [6, 6.07) is 10.0. The predicted molar refractivity (Wildman–Crippen MR) is 92.1 cm³/mol. The Kier molecular flexibility index (Phi) is 4.65. The van der Waals surface area contributed by atoms with Crippen molar-refractivity contribution in [1.29, 1.82) is 0 Å². The maximum absolute atomic E-state index is 13.0. The topological polar surface area (TPSA) is 70.2 Å². The van der Waals surface area contributed by atoms with E-state index in [1.807, 2.05) is 30.3 Å². The van der Waals surface area contributed by atoms with Gasteiger partial charge in [0.25, 0.3) is 5.91 Å². The highest BCUT2D eigenvalue weighted by atomic mass is 16.6. The Balaban J connectivity index is 1.69. The Labute approximate surface area is 147 Å². The van der Waals surface area contributed by atoms with Gasteiger partial charge < -0.3 is 14.5 Å². The molecule has 25 heavy (non-hydrogen) atoms. The Bertz CT molecular complexity index is 670. The molecule has 0 bridgehead atoms. The predicted octanol–water partition coefficient (Wildman–Crippen LogP) is 1.48. The van der Waals surface area contributed by atoms with Gasteiger partial charge >= 0.3 is 6.09 Å². The van der Waals surface area contributed by atoms with E-state index < -0.39 is 11.6 Å². The first-order chi connectivity index (χ1) is 12.0. The van der Waals surface area contributed by atoms with Gasteiger partial charge in [0.15, 0.2) is 5.54 Å². The molecule has 0 aromatic heterocycles. The molecule has 1 atom stereocenters. The minimum atomic E-state index is -1.25. The van der Waals surface area contributed by atoms with Crippen LogP contribution in [0.2, 0.25) is 0 Å². The lowest BCUT2D eigenvalue weighted by atomic mass is 9.99. The van der Waals surface area contributed by atoms with Crippen molar-refractivity contribution in [2.24, 2.45) is 0 Å². The Morgan fingerprint density at radius 1 is 1.12 bits per heavy atom. The fourth-order valence-electron chi connectivity index (χ4n) is 3.37. The molecule has 3 amide bonds. The lowest BCUT2D eigenvalue weighted by Crippen LogP contribution is -2.61. The highest BCUT2D eigenvalue weighted by Gasteiger charge is 2.54. The van der Waals surface area contributed by atoms with Gasteiger partial charge in [0.05, 0.1) is 0 Å². The van der Waals surface area contributed by atoms with Crippen LogP contribution in [-0.2, 0) is 14.3 Å². The first-order valence-corrected chi connectivity index (χ1v) is 8.56. The highest BCUT2D eigenvalue weighted by Crippen LogP contribution is 2.28. The van der Waals surface area contributed by atoms with Gasteiger partial charge in [-0.2, -0.15) is 0 Å². The van der Waals surface area contributed by atoms with Crippen LogP contribution in [-0.4, -0.2) is 66.0 Å². The molecule has 0 spiro atoms. The van der Waals surface area contributed by atoms with Crippen molar-refractivity contribution in [2.75, 3.05) is 37.7 Å². The number of carbonyl (C=O) groups is 3. The van der Waals surface area contributed by atoms with Crippen LogP contribution >= 0.6 is 0 Å². The Morgan fingerprint density at radius 3 is 2.36 bits per heavy atom. The summed E-state index contributed by atoms with van der Waals surface area (Å²) in [5.41, 5.74) is -0.123. The molecule has 2 saturated heterocycles. The Hall–Kier alpha value is -2.57. The average molecular weight is 345 g/mol. The van der Waals surface area contributed by atoms with E-state index in [2.05, 4.69) is 4.90 Å². The number of carbonyl (C=O) groups excluding carboxylic acids is 3. The molecule has 1 aromatic rings. The van der Waals surface area contributed by atoms with Crippen molar-refractivity contribution in [3.05, 3.63) is 30.3 Å². The number of piperazine rings is 1. The third-order valence-corrected chi connectivity index (χ3v) is 4.85. The van der Waals surface area contributed by atoms with E-state index in [0.717, 1.165) is 10.6 Å². The van der Waals surface area contributed by atoms with Crippen LogP contribution in [0, 0.1) is 0 Å². The maximum atomic E-state index is 13.0. The zero-order chi connectivity index (χ0) is 18.0. The second-order valence-corrected chi connectivity index (χ2v) is 6.53. The molecule has 2 fully saturated rings. The van der Waals surface area contributed by atoms with Gasteiger partial charge in [0.1, 0.15) is 6.61 Å². The minimum absolute atomic E-state index is 0.0880. The van der Waals surface area contributed by atoms with Crippen LogP contribution in [0.1, 0.15) is 20.3 Å². The third kappa shape index (κ3) is 3.06. The summed E-state index contributed by atoms with van der Waals surface area (Å²) in [7, 11) is 0. The molecule has 2 aliphatic rings. The smallest absolute Gasteiger partial charge is 0.417 e. The van der Waals surface area contributed by atoms with E-state index in [1.54, 1.807) is 18.7 Å². The van der Waals surface area contributed by atoms with Crippen LogP contribution in [0.25, 0.3) is 0 Å². The molecule has 134 valence electrons. The Morgan fingerprint density at radius 2 is 1.76 bits per heavy atom. The van der Waals surface area contributed by atoms with Gasteiger partial charge in [-0.15, -0.1) is 0 Å². The van der Waals surface area contributed by atoms with Gasteiger partial charge in [0.2, 0.25) is 5.91 Å². The number of cyclic esters (lactones) is 1. The summed E-state index contributed by atoms with van der Waals surface area (Å²) in [6.45, 7) is 5.70.